The van der Waals surface area contributed by atoms with E-state index in [0.29, 0.717) is 35.1 Å². The van der Waals surface area contributed by atoms with Crippen LogP contribution in [0.2, 0.25) is 5.02 Å². The molecule has 0 bridgehead atoms. The van der Waals surface area contributed by atoms with Crippen LogP contribution in [-0.2, 0) is 10.0 Å². The molecule has 0 atom stereocenters. The minimum Gasteiger partial charge on any atom is -0.320 e. The number of nitrogens with zero attached hydrogens (tertiary/aromatic N) is 4. The van der Waals surface area contributed by atoms with Crippen LogP contribution in [-0.4, -0.2) is 46.5 Å². The van der Waals surface area contributed by atoms with Crippen molar-refractivity contribution in [2.24, 2.45) is 0 Å². The first-order valence-electron chi connectivity index (χ1n) is 9.93. The maximum Gasteiger partial charge on any atom is 0.255 e. The lowest BCUT2D eigenvalue weighted by Crippen LogP contribution is -2.36. The smallest absolute Gasteiger partial charge is 0.255 e. The van der Waals surface area contributed by atoms with Crippen LogP contribution in [0.25, 0.3) is 5.69 Å². The predicted molar refractivity (Wildman–Crippen MR) is 118 cm³/mol. The van der Waals surface area contributed by atoms with Crippen LogP contribution in [0, 0.1) is 6.92 Å². The summed E-state index contributed by atoms with van der Waals surface area (Å²) in [4.78, 5) is 17.1. The summed E-state index contributed by atoms with van der Waals surface area (Å²) in [6.07, 6.45) is 5.61. The quantitative estimate of drug-likeness (QED) is 0.628. The highest BCUT2D eigenvalue weighted by atomic mass is 35.5. The summed E-state index contributed by atoms with van der Waals surface area (Å²) in [6.45, 7) is 2.74. The zero-order valence-electron chi connectivity index (χ0n) is 17.0. The second-order valence-electron chi connectivity index (χ2n) is 7.40. The maximum absolute atomic E-state index is 13.2. The number of hydrogen-bond donors (Lipinski definition) is 1. The highest BCUT2D eigenvalue weighted by molar-refractivity contribution is 7.89. The van der Waals surface area contributed by atoms with Gasteiger partial charge >= 0.3 is 0 Å². The fourth-order valence-corrected chi connectivity index (χ4v) is 5.54. The molecule has 8 nitrogen and oxygen atoms in total. The van der Waals surface area contributed by atoms with Gasteiger partial charge in [0.15, 0.2) is 0 Å². The molecular weight excluding hydrogens is 438 g/mol. The van der Waals surface area contributed by atoms with E-state index in [2.05, 4.69) is 15.4 Å². The summed E-state index contributed by atoms with van der Waals surface area (Å²) in [5, 5.41) is 7.35. The second-order valence-corrected chi connectivity index (χ2v) is 9.74. The molecule has 3 aromatic rings. The number of aryl methyl sites for hydroxylation is 1. The first kappa shape index (κ1) is 21.5. The van der Waals surface area contributed by atoms with E-state index in [1.165, 1.54) is 27.7 Å². The van der Waals surface area contributed by atoms with Gasteiger partial charge in [-0.05, 0) is 55.7 Å². The topological polar surface area (TPSA) is 97.2 Å². The van der Waals surface area contributed by atoms with Gasteiger partial charge in [0.25, 0.3) is 5.91 Å². The van der Waals surface area contributed by atoms with Crippen LogP contribution >= 0.6 is 11.6 Å². The van der Waals surface area contributed by atoms with Crippen LogP contribution in [0.5, 0.6) is 0 Å². The lowest BCUT2D eigenvalue weighted by molar-refractivity contribution is 0.102. The number of amides is 1. The molecule has 1 amide bonds. The Labute approximate surface area is 185 Å². The summed E-state index contributed by atoms with van der Waals surface area (Å²) in [5.41, 5.74) is 1.87. The summed E-state index contributed by atoms with van der Waals surface area (Å²) in [6, 6.07) is 9.71. The van der Waals surface area contributed by atoms with E-state index in [0.717, 1.165) is 19.3 Å². The average Bonchev–Trinajstić information content (AvgIpc) is 3.29. The average molecular weight is 460 g/mol. The second kappa shape index (κ2) is 8.78. The minimum absolute atomic E-state index is 0.157. The summed E-state index contributed by atoms with van der Waals surface area (Å²) >= 11 is 6.12. The number of halogens is 1. The van der Waals surface area contributed by atoms with Crippen molar-refractivity contribution in [1.29, 1.82) is 0 Å². The lowest BCUT2D eigenvalue weighted by atomic mass is 10.1. The zero-order chi connectivity index (χ0) is 22.0. The number of piperidine rings is 1. The molecule has 1 fully saturated rings. The van der Waals surface area contributed by atoms with Gasteiger partial charge in [0, 0.05) is 23.7 Å². The van der Waals surface area contributed by atoms with Gasteiger partial charge in [0.2, 0.25) is 10.0 Å². The molecule has 1 N–H and O–H groups in total. The van der Waals surface area contributed by atoms with Crippen molar-refractivity contribution in [3.05, 3.63) is 65.2 Å². The van der Waals surface area contributed by atoms with Crippen LogP contribution < -0.4 is 5.32 Å². The third-order valence-corrected chi connectivity index (χ3v) is 7.53. The number of benzene rings is 2. The Morgan fingerprint density at radius 1 is 1.10 bits per heavy atom. The molecule has 4 rings (SSSR count). The molecule has 0 spiro atoms. The normalized spacial score (nSPS) is 15.0. The van der Waals surface area contributed by atoms with Crippen LogP contribution in [0.1, 0.15) is 35.2 Å². The van der Waals surface area contributed by atoms with Gasteiger partial charge in [0.05, 0.1) is 16.3 Å². The minimum atomic E-state index is -3.66. The van der Waals surface area contributed by atoms with Gasteiger partial charge in [-0.25, -0.2) is 18.1 Å². The highest BCUT2D eigenvalue weighted by Gasteiger charge is 2.28. The number of carbonyl (C=O) groups is 1. The van der Waals surface area contributed by atoms with Gasteiger partial charge in [-0.2, -0.15) is 9.40 Å². The molecule has 162 valence electrons. The Balaban J connectivity index is 1.65. The third-order valence-electron chi connectivity index (χ3n) is 5.26. The Morgan fingerprint density at radius 2 is 1.87 bits per heavy atom. The van der Waals surface area contributed by atoms with Gasteiger partial charge < -0.3 is 5.32 Å². The largest absolute Gasteiger partial charge is 0.320 e. The van der Waals surface area contributed by atoms with Crippen molar-refractivity contribution in [2.75, 3.05) is 18.4 Å². The van der Waals surface area contributed by atoms with Gasteiger partial charge in [0.1, 0.15) is 12.7 Å². The fraction of sp³-hybridized carbons (Fsp3) is 0.286. The number of anilines is 1. The van der Waals surface area contributed by atoms with Gasteiger partial charge in [-0.1, -0.05) is 24.1 Å². The van der Waals surface area contributed by atoms with Crippen molar-refractivity contribution in [2.45, 2.75) is 31.1 Å². The van der Waals surface area contributed by atoms with Crippen LogP contribution in [0.3, 0.4) is 0 Å². The number of carbonyl (C=O) groups excluding carboxylic acids is 1. The zero-order valence-corrected chi connectivity index (χ0v) is 18.5. The van der Waals surface area contributed by atoms with Crippen molar-refractivity contribution in [1.82, 2.24) is 19.1 Å². The molecule has 0 saturated carbocycles. The molecular formula is C21H22ClN5O3S. The number of nitrogens with one attached hydrogen (secondary N) is 1. The van der Waals surface area contributed by atoms with Crippen molar-refractivity contribution in [3.63, 3.8) is 0 Å². The van der Waals surface area contributed by atoms with E-state index in [1.54, 1.807) is 37.3 Å². The third kappa shape index (κ3) is 4.48. The van der Waals surface area contributed by atoms with Gasteiger partial charge in [-0.15, -0.1) is 0 Å². The van der Waals surface area contributed by atoms with E-state index in [-0.39, 0.29) is 10.5 Å². The van der Waals surface area contributed by atoms with Crippen LogP contribution in [0.4, 0.5) is 5.69 Å². The molecule has 10 heteroatoms. The monoisotopic (exact) mass is 459 g/mol. The molecule has 1 saturated heterocycles. The van der Waals surface area contributed by atoms with Crippen LogP contribution in [0.15, 0.2) is 53.9 Å². The molecule has 31 heavy (non-hydrogen) atoms. The maximum atomic E-state index is 13.2. The summed E-state index contributed by atoms with van der Waals surface area (Å²) in [7, 11) is -3.66. The molecule has 2 heterocycles. The van der Waals surface area contributed by atoms with Crippen molar-refractivity contribution in [3.8, 4) is 5.69 Å². The number of sulfonamides is 1. The number of rotatable bonds is 5. The van der Waals surface area contributed by atoms with Crippen molar-refractivity contribution < 1.29 is 13.2 Å². The first-order chi connectivity index (χ1) is 14.9. The molecule has 1 aromatic heterocycles. The standard InChI is InChI=1S/C21H22ClN5O3S/c1-15-5-6-16(11-20(15)31(29,30)26-9-3-2-4-10-26)21(28)25-18-12-17(22)7-8-19(18)27-14-23-13-24-27/h5-8,11-14H,2-4,9-10H2,1H3,(H,25,28). The number of aromatic nitrogens is 3. The lowest BCUT2D eigenvalue weighted by Gasteiger charge is -2.26. The predicted octanol–water partition coefficient (Wildman–Crippen LogP) is 3.66. The van der Waals surface area contributed by atoms with E-state index in [9.17, 15) is 13.2 Å². The molecule has 2 aromatic carbocycles. The van der Waals surface area contributed by atoms with E-state index < -0.39 is 15.9 Å². The summed E-state index contributed by atoms with van der Waals surface area (Å²) in [5.74, 6) is -0.446. The molecule has 1 aliphatic rings. The molecule has 0 aliphatic carbocycles. The highest BCUT2D eigenvalue weighted by Crippen LogP contribution is 2.27. The Kier molecular flexibility index (Phi) is 6.08. The Hall–Kier alpha value is -2.75. The van der Waals surface area contributed by atoms with Gasteiger partial charge in [-0.3, -0.25) is 4.79 Å². The number of hydrogen-bond acceptors (Lipinski definition) is 5. The van der Waals surface area contributed by atoms with E-state index in [1.807, 2.05) is 0 Å². The fourth-order valence-electron chi connectivity index (χ4n) is 3.60. The molecule has 0 radical (unpaired) electrons. The van der Waals surface area contributed by atoms with Crippen molar-refractivity contribution >= 4 is 33.2 Å². The first-order valence-corrected chi connectivity index (χ1v) is 11.7. The summed E-state index contributed by atoms with van der Waals surface area (Å²) < 4.78 is 29.3. The Bertz CT molecular complexity index is 1210. The van der Waals surface area contributed by atoms with E-state index >= 15 is 0 Å². The SMILES string of the molecule is Cc1ccc(C(=O)Nc2cc(Cl)ccc2-n2cncn2)cc1S(=O)(=O)N1CCCCC1. The molecule has 1 aliphatic heterocycles. The molecule has 0 unspecified atom stereocenters. The van der Waals surface area contributed by atoms with E-state index in [4.69, 9.17) is 11.6 Å². The Morgan fingerprint density at radius 3 is 2.58 bits per heavy atom.